The lowest BCUT2D eigenvalue weighted by Gasteiger charge is -2.08. The molecule has 106 valence electrons. The molecular formula is C18H18N2S. The summed E-state index contributed by atoms with van der Waals surface area (Å²) in [5.74, 6) is 0. The van der Waals surface area contributed by atoms with Crippen molar-refractivity contribution in [1.29, 1.82) is 0 Å². The van der Waals surface area contributed by atoms with Gasteiger partial charge < -0.3 is 5.73 Å². The average Bonchev–Trinajstić information content (AvgIpc) is 2.99. The van der Waals surface area contributed by atoms with Crippen LogP contribution in [0.4, 0.5) is 0 Å². The first-order valence-corrected chi connectivity index (χ1v) is 7.86. The van der Waals surface area contributed by atoms with E-state index in [-0.39, 0.29) is 6.04 Å². The lowest BCUT2D eigenvalue weighted by atomic mass is 10.0. The highest BCUT2D eigenvalue weighted by atomic mass is 32.1. The molecule has 0 spiro atoms. The van der Waals surface area contributed by atoms with E-state index in [1.54, 1.807) is 11.3 Å². The van der Waals surface area contributed by atoms with Crippen LogP contribution in [-0.2, 0) is 0 Å². The third-order valence-electron chi connectivity index (χ3n) is 3.62. The molecule has 0 saturated carbocycles. The number of rotatable bonds is 3. The van der Waals surface area contributed by atoms with Crippen molar-refractivity contribution in [2.45, 2.75) is 19.9 Å². The van der Waals surface area contributed by atoms with Gasteiger partial charge in [-0.05, 0) is 31.0 Å². The number of hydrogen-bond donors (Lipinski definition) is 1. The predicted octanol–water partition coefficient (Wildman–Crippen LogP) is 4.48. The van der Waals surface area contributed by atoms with Crippen LogP contribution in [0.25, 0.3) is 11.3 Å². The molecule has 0 aliphatic carbocycles. The van der Waals surface area contributed by atoms with Crippen molar-refractivity contribution in [2.24, 2.45) is 5.73 Å². The highest BCUT2D eigenvalue weighted by molar-refractivity contribution is 7.10. The largest absolute Gasteiger partial charge is 0.318 e. The van der Waals surface area contributed by atoms with E-state index in [1.807, 2.05) is 30.3 Å². The molecule has 1 atom stereocenters. The molecule has 1 aromatic heterocycles. The smallest absolute Gasteiger partial charge is 0.115 e. The minimum Gasteiger partial charge on any atom is -0.318 e. The Labute approximate surface area is 129 Å². The van der Waals surface area contributed by atoms with Crippen LogP contribution in [-0.4, -0.2) is 4.98 Å². The molecule has 0 saturated heterocycles. The van der Waals surface area contributed by atoms with E-state index in [0.29, 0.717) is 0 Å². The van der Waals surface area contributed by atoms with Crippen LogP contribution < -0.4 is 5.73 Å². The molecule has 0 fully saturated rings. The van der Waals surface area contributed by atoms with Gasteiger partial charge in [-0.2, -0.15) is 0 Å². The predicted molar refractivity (Wildman–Crippen MR) is 89.5 cm³/mol. The maximum Gasteiger partial charge on any atom is 0.115 e. The first-order valence-electron chi connectivity index (χ1n) is 6.99. The van der Waals surface area contributed by atoms with E-state index in [4.69, 9.17) is 10.7 Å². The minimum atomic E-state index is -0.157. The highest BCUT2D eigenvalue weighted by Gasteiger charge is 2.14. The Balaban J connectivity index is 1.95. The minimum absolute atomic E-state index is 0.157. The molecule has 0 aliphatic rings. The van der Waals surface area contributed by atoms with Gasteiger partial charge in [0.05, 0.1) is 11.7 Å². The monoisotopic (exact) mass is 294 g/mol. The number of aromatic nitrogens is 1. The van der Waals surface area contributed by atoms with Crippen LogP contribution >= 0.6 is 11.3 Å². The third-order valence-corrected chi connectivity index (χ3v) is 4.54. The fraction of sp³-hybridized carbons (Fsp3) is 0.167. The Hall–Kier alpha value is -1.97. The van der Waals surface area contributed by atoms with Crippen molar-refractivity contribution in [2.75, 3.05) is 0 Å². The number of nitrogens with two attached hydrogens (primary N) is 1. The van der Waals surface area contributed by atoms with Crippen LogP contribution in [0.1, 0.15) is 27.7 Å². The molecule has 2 N–H and O–H groups in total. The van der Waals surface area contributed by atoms with Crippen molar-refractivity contribution in [3.05, 3.63) is 75.6 Å². The Morgan fingerprint density at radius 3 is 2.57 bits per heavy atom. The highest BCUT2D eigenvalue weighted by Crippen LogP contribution is 2.29. The van der Waals surface area contributed by atoms with E-state index in [0.717, 1.165) is 16.3 Å². The molecular weight excluding hydrogens is 276 g/mol. The number of nitrogens with zero attached hydrogens (tertiary/aromatic N) is 1. The third kappa shape index (κ3) is 2.89. The van der Waals surface area contributed by atoms with Crippen LogP contribution in [0.2, 0.25) is 0 Å². The average molecular weight is 294 g/mol. The summed E-state index contributed by atoms with van der Waals surface area (Å²) in [7, 11) is 0. The van der Waals surface area contributed by atoms with E-state index in [9.17, 15) is 0 Å². The second-order valence-electron chi connectivity index (χ2n) is 5.28. The maximum absolute atomic E-state index is 6.32. The summed E-state index contributed by atoms with van der Waals surface area (Å²) < 4.78 is 0. The van der Waals surface area contributed by atoms with Crippen LogP contribution in [0, 0.1) is 13.8 Å². The van der Waals surface area contributed by atoms with Gasteiger partial charge in [0.25, 0.3) is 0 Å². The van der Waals surface area contributed by atoms with Gasteiger partial charge in [0, 0.05) is 10.9 Å². The molecule has 2 aromatic carbocycles. The Morgan fingerprint density at radius 1 is 1.05 bits per heavy atom. The summed E-state index contributed by atoms with van der Waals surface area (Å²) in [6.07, 6.45) is 0. The van der Waals surface area contributed by atoms with Crippen molar-refractivity contribution < 1.29 is 0 Å². The molecule has 3 rings (SSSR count). The molecule has 1 heterocycles. The number of hydrogen-bond acceptors (Lipinski definition) is 3. The molecule has 0 bridgehead atoms. The zero-order chi connectivity index (χ0) is 14.8. The zero-order valence-electron chi connectivity index (χ0n) is 12.2. The second kappa shape index (κ2) is 5.80. The molecule has 1 unspecified atom stereocenters. The normalized spacial score (nSPS) is 12.3. The van der Waals surface area contributed by atoms with Gasteiger partial charge in [-0.15, -0.1) is 11.3 Å². The van der Waals surface area contributed by atoms with Gasteiger partial charge in [0.1, 0.15) is 5.01 Å². The van der Waals surface area contributed by atoms with E-state index < -0.39 is 0 Å². The van der Waals surface area contributed by atoms with E-state index in [1.165, 1.54) is 16.7 Å². The maximum atomic E-state index is 6.32. The van der Waals surface area contributed by atoms with Gasteiger partial charge in [-0.25, -0.2) is 4.98 Å². The first kappa shape index (κ1) is 14.0. The van der Waals surface area contributed by atoms with Gasteiger partial charge in [-0.1, -0.05) is 48.0 Å². The summed E-state index contributed by atoms with van der Waals surface area (Å²) in [6.45, 7) is 4.22. The fourth-order valence-corrected chi connectivity index (χ4v) is 3.21. The van der Waals surface area contributed by atoms with E-state index in [2.05, 4.69) is 37.4 Å². The van der Waals surface area contributed by atoms with Crippen molar-refractivity contribution in [1.82, 2.24) is 4.98 Å². The molecule has 0 radical (unpaired) electrons. The topological polar surface area (TPSA) is 38.9 Å². The first-order chi connectivity index (χ1) is 10.1. The number of thiazole rings is 1. The van der Waals surface area contributed by atoms with Gasteiger partial charge >= 0.3 is 0 Å². The number of benzene rings is 2. The lowest BCUT2D eigenvalue weighted by molar-refractivity contribution is 0.859. The summed E-state index contributed by atoms with van der Waals surface area (Å²) in [5, 5.41) is 3.05. The van der Waals surface area contributed by atoms with Crippen LogP contribution in [0.5, 0.6) is 0 Å². The number of aryl methyl sites for hydroxylation is 2. The second-order valence-corrected chi connectivity index (χ2v) is 6.17. The van der Waals surface area contributed by atoms with Crippen molar-refractivity contribution in [3.8, 4) is 11.3 Å². The molecule has 21 heavy (non-hydrogen) atoms. The van der Waals surface area contributed by atoms with Gasteiger partial charge in [0.15, 0.2) is 0 Å². The molecule has 0 amide bonds. The van der Waals surface area contributed by atoms with Gasteiger partial charge in [0.2, 0.25) is 0 Å². The Morgan fingerprint density at radius 2 is 1.81 bits per heavy atom. The van der Waals surface area contributed by atoms with Crippen molar-refractivity contribution in [3.63, 3.8) is 0 Å². The van der Waals surface area contributed by atoms with Crippen molar-refractivity contribution >= 4 is 11.3 Å². The summed E-state index contributed by atoms with van der Waals surface area (Å²) >= 11 is 1.63. The molecule has 3 aromatic rings. The lowest BCUT2D eigenvalue weighted by Crippen LogP contribution is -2.11. The Bertz CT molecular complexity index is 747. The Kier molecular flexibility index (Phi) is 3.86. The standard InChI is InChI=1S/C18H18N2S/c1-12-8-9-13(2)15(10-12)16-11-21-18(20-16)17(19)14-6-4-3-5-7-14/h3-11,17H,19H2,1-2H3. The van der Waals surface area contributed by atoms with E-state index >= 15 is 0 Å². The molecule has 2 nitrogen and oxygen atoms in total. The zero-order valence-corrected chi connectivity index (χ0v) is 13.0. The summed E-state index contributed by atoms with van der Waals surface area (Å²) in [6, 6.07) is 16.4. The summed E-state index contributed by atoms with van der Waals surface area (Å²) in [5.41, 5.74) is 12.1. The van der Waals surface area contributed by atoms with Crippen LogP contribution in [0.15, 0.2) is 53.9 Å². The molecule has 3 heteroatoms. The fourth-order valence-electron chi connectivity index (χ4n) is 2.37. The van der Waals surface area contributed by atoms with Crippen LogP contribution in [0.3, 0.4) is 0 Å². The molecule has 0 aliphatic heterocycles. The summed E-state index contributed by atoms with van der Waals surface area (Å²) in [4.78, 5) is 4.75. The quantitative estimate of drug-likeness (QED) is 0.773. The van der Waals surface area contributed by atoms with Gasteiger partial charge in [-0.3, -0.25) is 0 Å². The SMILES string of the molecule is Cc1ccc(C)c(-c2csc(C(N)c3ccccc3)n2)c1.